The van der Waals surface area contributed by atoms with E-state index in [4.69, 9.17) is 22.7 Å². The Hall–Kier alpha value is -1.20. The zero-order valence-corrected chi connectivity index (χ0v) is 11.4. The molecule has 100 valence electrons. The van der Waals surface area contributed by atoms with Crippen molar-refractivity contribution in [3.8, 4) is 0 Å². The van der Waals surface area contributed by atoms with Crippen molar-refractivity contribution in [1.82, 2.24) is 0 Å². The van der Waals surface area contributed by atoms with Crippen LogP contribution in [0.25, 0.3) is 0 Å². The zero-order valence-electron chi connectivity index (χ0n) is 10.5. The lowest BCUT2D eigenvalue weighted by Crippen LogP contribution is -2.16. The molecule has 0 aliphatic carbocycles. The van der Waals surface area contributed by atoms with E-state index in [2.05, 4.69) is 12.2 Å². The van der Waals surface area contributed by atoms with Crippen LogP contribution in [0, 0.1) is 5.82 Å². The van der Waals surface area contributed by atoms with Crippen molar-refractivity contribution in [2.24, 2.45) is 5.73 Å². The molecule has 1 aromatic rings. The Morgan fingerprint density at radius 3 is 2.89 bits per heavy atom. The monoisotopic (exact) mass is 270 g/mol. The topological polar surface area (TPSA) is 47.3 Å². The summed E-state index contributed by atoms with van der Waals surface area (Å²) in [6, 6.07) is 4.35. The lowest BCUT2D eigenvalue weighted by atomic mass is 10.1. The van der Waals surface area contributed by atoms with Gasteiger partial charge in [0.05, 0.1) is 6.61 Å². The van der Waals surface area contributed by atoms with Gasteiger partial charge in [0.2, 0.25) is 0 Å². The molecule has 1 rings (SSSR count). The number of anilines is 1. The maximum atomic E-state index is 13.1. The number of benzene rings is 1. The summed E-state index contributed by atoms with van der Waals surface area (Å²) in [5.41, 5.74) is 6.81. The molecule has 0 spiro atoms. The average Bonchev–Trinajstić information content (AvgIpc) is 2.35. The van der Waals surface area contributed by atoms with Gasteiger partial charge in [0, 0.05) is 24.4 Å². The van der Waals surface area contributed by atoms with Gasteiger partial charge >= 0.3 is 0 Å². The van der Waals surface area contributed by atoms with E-state index >= 15 is 0 Å². The summed E-state index contributed by atoms with van der Waals surface area (Å²) in [5, 5.41) is 3.14. The van der Waals surface area contributed by atoms with Crippen LogP contribution in [-0.2, 0) is 4.74 Å². The summed E-state index contributed by atoms with van der Waals surface area (Å²) in [5.74, 6) is -0.345. The van der Waals surface area contributed by atoms with E-state index in [1.54, 1.807) is 6.07 Å². The van der Waals surface area contributed by atoms with E-state index in [0.717, 1.165) is 25.1 Å². The fourth-order valence-electron chi connectivity index (χ4n) is 1.48. The first-order valence-electron chi connectivity index (χ1n) is 6.06. The summed E-state index contributed by atoms with van der Waals surface area (Å²) in [4.78, 5) is 0.184. The number of halogens is 1. The molecule has 0 bridgehead atoms. The standard InChI is InChI=1S/C13H19FN2OS/c1-2-3-7-17-8-6-16-12-5-4-10(14)9-11(12)13(15)18/h4-5,9,16H,2-3,6-8H2,1H3,(H2,15,18). The van der Waals surface area contributed by atoms with Crippen LogP contribution < -0.4 is 11.1 Å². The molecule has 0 unspecified atom stereocenters. The molecule has 1 aromatic carbocycles. The van der Waals surface area contributed by atoms with Crippen LogP contribution in [0.1, 0.15) is 25.3 Å². The normalized spacial score (nSPS) is 10.3. The quantitative estimate of drug-likeness (QED) is 0.563. The number of nitrogens with two attached hydrogens (primary N) is 1. The molecular weight excluding hydrogens is 251 g/mol. The van der Waals surface area contributed by atoms with Crippen molar-refractivity contribution in [1.29, 1.82) is 0 Å². The van der Waals surface area contributed by atoms with Gasteiger partial charge in [0.15, 0.2) is 0 Å². The largest absolute Gasteiger partial charge is 0.389 e. The van der Waals surface area contributed by atoms with Crippen LogP contribution in [0.2, 0.25) is 0 Å². The third kappa shape index (κ3) is 4.98. The van der Waals surface area contributed by atoms with E-state index in [-0.39, 0.29) is 10.8 Å². The minimum Gasteiger partial charge on any atom is -0.389 e. The highest BCUT2D eigenvalue weighted by Crippen LogP contribution is 2.16. The first-order chi connectivity index (χ1) is 8.65. The minimum absolute atomic E-state index is 0.184. The van der Waals surface area contributed by atoms with Gasteiger partial charge in [-0.2, -0.15) is 0 Å². The third-order valence-electron chi connectivity index (χ3n) is 2.45. The number of nitrogens with one attached hydrogen (secondary N) is 1. The van der Waals surface area contributed by atoms with Crippen molar-refractivity contribution in [2.75, 3.05) is 25.1 Å². The molecule has 0 amide bonds. The van der Waals surface area contributed by atoms with Gasteiger partial charge in [-0.05, 0) is 24.6 Å². The van der Waals surface area contributed by atoms with Crippen molar-refractivity contribution in [3.05, 3.63) is 29.6 Å². The van der Waals surface area contributed by atoms with Crippen LogP contribution in [0.3, 0.4) is 0 Å². The van der Waals surface area contributed by atoms with E-state index in [0.29, 0.717) is 18.7 Å². The highest BCUT2D eigenvalue weighted by Gasteiger charge is 2.06. The first kappa shape index (κ1) is 14.9. The Kier molecular flexibility index (Phi) is 6.60. The SMILES string of the molecule is CCCCOCCNc1ccc(F)cc1C(N)=S. The highest BCUT2D eigenvalue weighted by atomic mass is 32.1. The molecule has 0 radical (unpaired) electrons. The second kappa shape index (κ2) is 8.00. The Labute approximate surface area is 113 Å². The first-order valence-corrected chi connectivity index (χ1v) is 6.47. The number of rotatable bonds is 8. The molecule has 18 heavy (non-hydrogen) atoms. The molecule has 0 aromatic heterocycles. The third-order valence-corrected chi connectivity index (χ3v) is 2.67. The molecule has 3 N–H and O–H groups in total. The van der Waals surface area contributed by atoms with Crippen LogP contribution in [-0.4, -0.2) is 24.7 Å². The highest BCUT2D eigenvalue weighted by molar-refractivity contribution is 7.80. The molecule has 3 nitrogen and oxygen atoms in total. The summed E-state index contributed by atoms with van der Waals surface area (Å²) < 4.78 is 18.5. The predicted molar refractivity (Wildman–Crippen MR) is 76.5 cm³/mol. The van der Waals surface area contributed by atoms with E-state index in [1.807, 2.05) is 0 Å². The Morgan fingerprint density at radius 1 is 1.44 bits per heavy atom. The van der Waals surface area contributed by atoms with Crippen molar-refractivity contribution in [3.63, 3.8) is 0 Å². The smallest absolute Gasteiger partial charge is 0.124 e. The van der Waals surface area contributed by atoms with Gasteiger partial charge in [-0.15, -0.1) is 0 Å². The number of hydrogen-bond donors (Lipinski definition) is 2. The second-order valence-corrected chi connectivity index (χ2v) is 4.39. The van der Waals surface area contributed by atoms with Gasteiger partial charge in [-0.3, -0.25) is 0 Å². The summed E-state index contributed by atoms with van der Waals surface area (Å²) in [6.45, 7) is 4.14. The number of thiocarbonyl (C=S) groups is 1. The molecule has 0 aliphatic rings. The molecule has 0 heterocycles. The number of unbranched alkanes of at least 4 members (excludes halogenated alkanes) is 1. The Morgan fingerprint density at radius 2 is 2.22 bits per heavy atom. The molecule has 0 saturated heterocycles. The predicted octanol–water partition coefficient (Wildman–Crippen LogP) is 2.69. The minimum atomic E-state index is -0.345. The number of hydrogen-bond acceptors (Lipinski definition) is 3. The molecule has 0 fully saturated rings. The van der Waals surface area contributed by atoms with Crippen molar-refractivity contribution in [2.45, 2.75) is 19.8 Å². The second-order valence-electron chi connectivity index (χ2n) is 3.95. The van der Waals surface area contributed by atoms with Crippen molar-refractivity contribution >= 4 is 22.9 Å². The lowest BCUT2D eigenvalue weighted by molar-refractivity contribution is 0.141. The molecular formula is C13H19FN2OS. The fourth-order valence-corrected chi connectivity index (χ4v) is 1.65. The van der Waals surface area contributed by atoms with E-state index < -0.39 is 0 Å². The summed E-state index contributed by atoms with van der Waals surface area (Å²) in [6.07, 6.45) is 2.19. The van der Waals surface area contributed by atoms with Crippen LogP contribution in [0.4, 0.5) is 10.1 Å². The fraction of sp³-hybridized carbons (Fsp3) is 0.462. The summed E-state index contributed by atoms with van der Waals surface area (Å²) >= 11 is 4.89. The van der Waals surface area contributed by atoms with Gasteiger partial charge in [0.25, 0.3) is 0 Å². The Bertz CT molecular complexity index is 399. The molecule has 0 aliphatic heterocycles. The summed E-state index contributed by atoms with van der Waals surface area (Å²) in [7, 11) is 0. The van der Waals surface area contributed by atoms with Crippen LogP contribution in [0.15, 0.2) is 18.2 Å². The van der Waals surface area contributed by atoms with Crippen molar-refractivity contribution < 1.29 is 9.13 Å². The maximum Gasteiger partial charge on any atom is 0.124 e. The maximum absolute atomic E-state index is 13.1. The van der Waals surface area contributed by atoms with Crippen LogP contribution in [0.5, 0.6) is 0 Å². The average molecular weight is 270 g/mol. The Balaban J connectivity index is 2.44. The van der Waals surface area contributed by atoms with E-state index in [9.17, 15) is 4.39 Å². The number of ether oxygens (including phenoxy) is 1. The molecule has 5 heteroatoms. The van der Waals surface area contributed by atoms with Crippen LogP contribution >= 0.6 is 12.2 Å². The van der Waals surface area contributed by atoms with Gasteiger partial charge in [0.1, 0.15) is 10.8 Å². The lowest BCUT2D eigenvalue weighted by Gasteiger charge is -2.11. The van der Waals surface area contributed by atoms with E-state index in [1.165, 1.54) is 12.1 Å². The van der Waals surface area contributed by atoms with Gasteiger partial charge in [-0.25, -0.2) is 4.39 Å². The molecule has 0 atom stereocenters. The van der Waals surface area contributed by atoms with Gasteiger partial charge in [-0.1, -0.05) is 25.6 Å². The zero-order chi connectivity index (χ0) is 13.4. The molecule has 0 saturated carbocycles. The van der Waals surface area contributed by atoms with Gasteiger partial charge < -0.3 is 15.8 Å².